The van der Waals surface area contributed by atoms with Gasteiger partial charge in [-0.15, -0.1) is 0 Å². The third kappa shape index (κ3) is 10.7. The summed E-state index contributed by atoms with van der Waals surface area (Å²) in [5.41, 5.74) is -0.647. The van der Waals surface area contributed by atoms with Crippen LogP contribution in [-0.2, 0) is 14.2 Å². The van der Waals surface area contributed by atoms with Crippen molar-refractivity contribution in [3.63, 3.8) is 0 Å². The van der Waals surface area contributed by atoms with Crippen molar-refractivity contribution in [2.75, 3.05) is 6.61 Å². The Hall–Kier alpha value is 0.230. The highest BCUT2D eigenvalue weighted by molar-refractivity contribution is 7.81. The van der Waals surface area contributed by atoms with E-state index in [9.17, 15) is 0 Å². The summed E-state index contributed by atoms with van der Waals surface area (Å²) in [6.45, 7) is 33.9. The molecule has 0 saturated carbocycles. The van der Waals surface area contributed by atoms with Crippen LogP contribution in [0.4, 0.5) is 0 Å². The van der Waals surface area contributed by atoms with Gasteiger partial charge in [0.2, 0.25) is 0 Å². The van der Waals surface area contributed by atoms with Gasteiger partial charge >= 0.3 is 0 Å². The number of ether oxygens (including phenoxy) is 3. The summed E-state index contributed by atoms with van der Waals surface area (Å²) in [6.07, 6.45) is 4.16. The van der Waals surface area contributed by atoms with Crippen molar-refractivity contribution in [2.45, 2.75) is 163 Å². The average molecular weight is 475 g/mol. The molecule has 0 aromatic heterocycles. The van der Waals surface area contributed by atoms with Crippen LogP contribution in [0.5, 0.6) is 0 Å². The summed E-state index contributed by atoms with van der Waals surface area (Å²) in [5.74, 6) is 0. The van der Waals surface area contributed by atoms with Gasteiger partial charge < -0.3 is 14.2 Å². The molecule has 0 fully saturated rings. The van der Waals surface area contributed by atoms with E-state index >= 15 is 0 Å². The fourth-order valence-corrected chi connectivity index (χ4v) is 4.36. The van der Waals surface area contributed by atoms with E-state index in [0.717, 1.165) is 25.7 Å². The molecule has 0 saturated heterocycles. The molecule has 3 nitrogen and oxygen atoms in total. The van der Waals surface area contributed by atoms with E-state index in [2.05, 4.69) is 116 Å². The number of rotatable bonds is 15. The fraction of sp³-hybridized carbons (Fsp3) is 1.00. The quantitative estimate of drug-likeness (QED) is 0.241. The predicted octanol–water partition coefficient (Wildman–Crippen LogP) is 8.49. The zero-order valence-corrected chi connectivity index (χ0v) is 25.3. The Bertz CT molecular complexity index is 556. The Morgan fingerprint density at radius 1 is 0.656 bits per heavy atom. The molecule has 2 unspecified atom stereocenters. The predicted molar refractivity (Wildman–Crippen MR) is 144 cm³/mol. The van der Waals surface area contributed by atoms with Crippen LogP contribution in [0.1, 0.15) is 130 Å². The summed E-state index contributed by atoms with van der Waals surface area (Å²) >= 11 is 4.67. The number of thiol groups is 1. The summed E-state index contributed by atoms with van der Waals surface area (Å²) in [6, 6.07) is 0. The monoisotopic (exact) mass is 474 g/mol. The second-order valence-corrected chi connectivity index (χ2v) is 14.8. The highest BCUT2D eigenvalue weighted by Gasteiger charge is 2.42. The van der Waals surface area contributed by atoms with E-state index in [-0.39, 0.29) is 44.6 Å². The van der Waals surface area contributed by atoms with Gasteiger partial charge in [-0.2, -0.15) is 12.6 Å². The molecule has 32 heavy (non-hydrogen) atoms. The average Bonchev–Trinajstić information content (AvgIpc) is 2.50. The van der Waals surface area contributed by atoms with Crippen LogP contribution >= 0.6 is 12.6 Å². The molecule has 0 radical (unpaired) electrons. The van der Waals surface area contributed by atoms with Gasteiger partial charge in [-0.05, 0) is 91.9 Å². The first kappa shape index (κ1) is 32.2. The molecular formula is C28H58O3S. The zero-order valence-electron chi connectivity index (χ0n) is 24.4. The third-order valence-electron chi connectivity index (χ3n) is 7.90. The molecule has 0 bridgehead atoms. The molecule has 0 aliphatic rings. The van der Waals surface area contributed by atoms with Crippen molar-refractivity contribution in [3.8, 4) is 0 Å². The zero-order chi connectivity index (χ0) is 25.8. The maximum absolute atomic E-state index is 6.54. The Morgan fingerprint density at radius 3 is 1.56 bits per heavy atom. The molecule has 0 N–H and O–H groups in total. The lowest BCUT2D eigenvalue weighted by atomic mass is 9.72. The second kappa shape index (κ2) is 11.3. The van der Waals surface area contributed by atoms with Crippen LogP contribution in [0.2, 0.25) is 0 Å². The van der Waals surface area contributed by atoms with Gasteiger partial charge in [0.1, 0.15) is 0 Å². The topological polar surface area (TPSA) is 27.7 Å². The van der Waals surface area contributed by atoms with Crippen molar-refractivity contribution in [1.82, 2.24) is 0 Å². The Balaban J connectivity index is 4.98. The summed E-state index contributed by atoms with van der Waals surface area (Å²) < 4.78 is 19.3. The maximum atomic E-state index is 6.54. The van der Waals surface area contributed by atoms with Crippen molar-refractivity contribution in [2.24, 2.45) is 10.8 Å². The minimum atomic E-state index is -0.261. The van der Waals surface area contributed by atoms with Crippen LogP contribution in [0.15, 0.2) is 0 Å². The lowest BCUT2D eigenvalue weighted by Gasteiger charge is -2.46. The molecule has 194 valence electrons. The van der Waals surface area contributed by atoms with E-state index in [1.807, 2.05) is 0 Å². The molecule has 2 atom stereocenters. The first-order valence-corrected chi connectivity index (χ1v) is 13.1. The van der Waals surface area contributed by atoms with Gasteiger partial charge in [0.15, 0.2) is 0 Å². The Morgan fingerprint density at radius 2 is 1.12 bits per heavy atom. The minimum Gasteiger partial charge on any atom is -0.375 e. The van der Waals surface area contributed by atoms with Crippen LogP contribution in [0.3, 0.4) is 0 Å². The largest absolute Gasteiger partial charge is 0.375 e. The first-order chi connectivity index (χ1) is 14.0. The normalized spacial score (nSPS) is 16.9. The molecule has 0 heterocycles. The maximum Gasteiger partial charge on any atom is 0.0681 e. The van der Waals surface area contributed by atoms with Gasteiger partial charge in [0, 0.05) is 11.4 Å². The van der Waals surface area contributed by atoms with Gasteiger partial charge in [-0.3, -0.25) is 0 Å². The van der Waals surface area contributed by atoms with Gasteiger partial charge in [-0.25, -0.2) is 0 Å². The van der Waals surface area contributed by atoms with E-state index in [1.165, 1.54) is 0 Å². The Labute approximate surface area is 207 Å². The van der Waals surface area contributed by atoms with Crippen molar-refractivity contribution >= 4 is 12.6 Å². The SMILES string of the molecule is CCC(C)(C)OC(C)CC(C)(C)C(C)(C)OCCC(C)(C)C(C)(C)OC(C)CC(C)(C)S. The molecule has 0 aliphatic heterocycles. The molecule has 0 rings (SSSR count). The lowest BCUT2D eigenvalue weighted by molar-refractivity contribution is -0.161. The molecular weight excluding hydrogens is 416 g/mol. The van der Waals surface area contributed by atoms with E-state index in [0.29, 0.717) is 6.61 Å². The summed E-state index contributed by atoms with van der Waals surface area (Å²) in [4.78, 5) is 0. The minimum absolute atomic E-state index is 0.0148. The Kier molecular flexibility index (Phi) is 11.4. The first-order valence-electron chi connectivity index (χ1n) is 12.7. The molecule has 0 spiro atoms. The van der Waals surface area contributed by atoms with Crippen LogP contribution in [-0.4, -0.2) is 40.4 Å². The van der Waals surface area contributed by atoms with Gasteiger partial charge in [-0.1, -0.05) is 48.5 Å². The molecule has 0 amide bonds. The van der Waals surface area contributed by atoms with Crippen molar-refractivity contribution < 1.29 is 14.2 Å². The lowest BCUT2D eigenvalue weighted by Crippen LogP contribution is -2.47. The van der Waals surface area contributed by atoms with Crippen LogP contribution in [0, 0.1) is 10.8 Å². The molecule has 4 heteroatoms. The highest BCUT2D eigenvalue weighted by atomic mass is 32.1. The summed E-state index contributed by atoms with van der Waals surface area (Å²) in [7, 11) is 0. The number of hydrogen-bond donors (Lipinski definition) is 1. The van der Waals surface area contributed by atoms with Crippen LogP contribution in [0.25, 0.3) is 0 Å². The van der Waals surface area contributed by atoms with E-state index < -0.39 is 0 Å². The van der Waals surface area contributed by atoms with Gasteiger partial charge in [0.25, 0.3) is 0 Å². The fourth-order valence-electron chi connectivity index (χ4n) is 4.10. The van der Waals surface area contributed by atoms with E-state index in [1.54, 1.807) is 0 Å². The molecule has 0 aromatic rings. The van der Waals surface area contributed by atoms with Gasteiger partial charge in [0.05, 0.1) is 29.0 Å². The summed E-state index contributed by atoms with van der Waals surface area (Å²) in [5, 5.41) is 0. The second-order valence-electron chi connectivity index (χ2n) is 13.6. The van der Waals surface area contributed by atoms with Crippen molar-refractivity contribution in [3.05, 3.63) is 0 Å². The smallest absolute Gasteiger partial charge is 0.0681 e. The standard InChI is InChI=1S/C28H58O3S/c1-16-25(8,9)30-21(2)19-24(6,7)27(12,13)29-18-17-23(4,5)28(14,15)31-22(3)20-26(10,11)32/h21-22,32H,16-20H2,1-15H3. The van der Waals surface area contributed by atoms with Crippen molar-refractivity contribution in [1.29, 1.82) is 0 Å². The third-order valence-corrected chi connectivity index (χ3v) is 8.08. The molecule has 0 aliphatic carbocycles. The number of hydrogen-bond acceptors (Lipinski definition) is 4. The highest BCUT2D eigenvalue weighted by Crippen LogP contribution is 2.42. The van der Waals surface area contributed by atoms with Crippen LogP contribution < -0.4 is 0 Å². The molecule has 0 aromatic carbocycles. The van der Waals surface area contributed by atoms with E-state index in [4.69, 9.17) is 14.2 Å².